The van der Waals surface area contributed by atoms with Crippen LogP contribution < -0.4 is 4.90 Å². The number of amides is 2. The smallest absolute Gasteiger partial charge is 0.335 e. The van der Waals surface area contributed by atoms with Gasteiger partial charge in [-0.15, -0.1) is 0 Å². The molecule has 2 aromatic carbocycles. The maximum atomic E-state index is 12.4. The van der Waals surface area contributed by atoms with Gasteiger partial charge in [0, 0.05) is 0 Å². The van der Waals surface area contributed by atoms with Crippen molar-refractivity contribution in [3.05, 3.63) is 70.6 Å². The van der Waals surface area contributed by atoms with Crippen molar-refractivity contribution >= 4 is 40.6 Å². The molecule has 1 N–H and O–H groups in total. The largest absolute Gasteiger partial charge is 0.478 e. The van der Waals surface area contributed by atoms with E-state index in [1.165, 1.54) is 12.1 Å². The van der Waals surface area contributed by atoms with E-state index in [-0.39, 0.29) is 16.7 Å². The van der Waals surface area contributed by atoms with Crippen LogP contribution in [0.4, 0.5) is 10.5 Å². The summed E-state index contributed by atoms with van der Waals surface area (Å²) in [6.45, 7) is 0. The first-order valence-corrected chi connectivity index (χ1v) is 7.54. The molecule has 2 amide bonds. The van der Waals surface area contributed by atoms with Crippen LogP contribution in [-0.2, 0) is 4.79 Å². The molecule has 1 fully saturated rings. The second kappa shape index (κ2) is 6.10. The molecule has 0 saturated carbocycles. The van der Waals surface area contributed by atoms with Gasteiger partial charge in [-0.25, -0.2) is 9.69 Å². The minimum atomic E-state index is -1.01. The molecule has 1 aliphatic heterocycles. The fraction of sp³-hybridized carbons (Fsp3) is 0. The van der Waals surface area contributed by atoms with E-state index in [4.69, 9.17) is 5.11 Å². The molecule has 1 aliphatic rings. The van der Waals surface area contributed by atoms with E-state index in [0.717, 1.165) is 16.7 Å². The monoisotopic (exact) mass is 325 g/mol. The number of nitrogens with zero attached hydrogens (tertiary/aromatic N) is 1. The Morgan fingerprint density at radius 3 is 2.26 bits per heavy atom. The summed E-state index contributed by atoms with van der Waals surface area (Å²) in [5, 5.41) is 8.52. The SMILES string of the molecule is O=C(O)c1ccc(/C=C2\SC(=O)N(c3ccccc3)C2=O)cc1. The van der Waals surface area contributed by atoms with Gasteiger partial charge in [0.15, 0.2) is 0 Å². The van der Waals surface area contributed by atoms with Gasteiger partial charge in [-0.05, 0) is 47.7 Å². The highest BCUT2D eigenvalue weighted by molar-refractivity contribution is 8.19. The van der Waals surface area contributed by atoms with E-state index in [9.17, 15) is 14.4 Å². The Morgan fingerprint density at radius 2 is 1.65 bits per heavy atom. The predicted octanol–water partition coefficient (Wildman–Crippen LogP) is 3.63. The molecular weight excluding hydrogens is 314 g/mol. The van der Waals surface area contributed by atoms with E-state index in [2.05, 4.69) is 0 Å². The second-order valence-electron chi connectivity index (χ2n) is 4.78. The van der Waals surface area contributed by atoms with Gasteiger partial charge in [0.25, 0.3) is 11.1 Å². The summed E-state index contributed by atoms with van der Waals surface area (Å²) in [6.07, 6.45) is 1.58. The van der Waals surface area contributed by atoms with E-state index >= 15 is 0 Å². The molecule has 23 heavy (non-hydrogen) atoms. The lowest BCUT2D eigenvalue weighted by atomic mass is 10.1. The van der Waals surface area contributed by atoms with Crippen LogP contribution in [0.1, 0.15) is 15.9 Å². The number of thioether (sulfide) groups is 1. The lowest BCUT2D eigenvalue weighted by molar-refractivity contribution is -0.113. The quantitative estimate of drug-likeness (QED) is 0.872. The van der Waals surface area contributed by atoms with Crippen LogP contribution in [0.25, 0.3) is 6.08 Å². The highest BCUT2D eigenvalue weighted by atomic mass is 32.2. The zero-order valence-electron chi connectivity index (χ0n) is 11.8. The van der Waals surface area contributed by atoms with Crippen LogP contribution in [0.3, 0.4) is 0 Å². The normalized spacial score (nSPS) is 16.2. The van der Waals surface area contributed by atoms with Crippen molar-refractivity contribution in [1.29, 1.82) is 0 Å². The molecule has 114 valence electrons. The molecular formula is C17H11NO4S. The van der Waals surface area contributed by atoms with E-state index in [1.807, 2.05) is 6.07 Å². The van der Waals surface area contributed by atoms with Gasteiger partial charge in [0.2, 0.25) is 0 Å². The molecule has 1 saturated heterocycles. The summed E-state index contributed by atoms with van der Waals surface area (Å²) in [5.74, 6) is -1.39. The average Bonchev–Trinajstić information content (AvgIpc) is 2.82. The highest BCUT2D eigenvalue weighted by Gasteiger charge is 2.36. The van der Waals surface area contributed by atoms with Crippen LogP contribution in [0.5, 0.6) is 0 Å². The number of carbonyl (C=O) groups is 3. The summed E-state index contributed by atoms with van der Waals surface area (Å²) in [6, 6.07) is 14.8. The van der Waals surface area contributed by atoms with E-state index in [1.54, 1.807) is 42.5 Å². The number of carbonyl (C=O) groups excluding carboxylic acids is 2. The molecule has 0 spiro atoms. The third kappa shape index (κ3) is 3.02. The number of para-hydroxylation sites is 1. The Kier molecular flexibility index (Phi) is 3.99. The molecule has 0 bridgehead atoms. The average molecular weight is 325 g/mol. The Morgan fingerprint density at radius 1 is 1.00 bits per heavy atom. The van der Waals surface area contributed by atoms with Gasteiger partial charge in [0.05, 0.1) is 16.2 Å². The van der Waals surface area contributed by atoms with Gasteiger partial charge in [-0.1, -0.05) is 30.3 Å². The van der Waals surface area contributed by atoms with Crippen molar-refractivity contribution in [2.45, 2.75) is 0 Å². The minimum absolute atomic E-state index is 0.166. The van der Waals surface area contributed by atoms with Gasteiger partial charge >= 0.3 is 5.97 Å². The van der Waals surface area contributed by atoms with Crippen LogP contribution in [0, 0.1) is 0 Å². The molecule has 0 aliphatic carbocycles. The van der Waals surface area contributed by atoms with Crippen molar-refractivity contribution in [2.24, 2.45) is 0 Å². The number of benzene rings is 2. The van der Waals surface area contributed by atoms with Gasteiger partial charge in [-0.3, -0.25) is 9.59 Å². The Labute approximate surface area is 136 Å². The molecule has 1 heterocycles. The van der Waals surface area contributed by atoms with Gasteiger partial charge in [-0.2, -0.15) is 0 Å². The summed E-state index contributed by atoms with van der Waals surface area (Å²) < 4.78 is 0. The van der Waals surface area contributed by atoms with Crippen molar-refractivity contribution in [3.63, 3.8) is 0 Å². The summed E-state index contributed by atoms with van der Waals surface area (Å²) >= 11 is 0.864. The van der Waals surface area contributed by atoms with Crippen LogP contribution in [0.2, 0.25) is 0 Å². The van der Waals surface area contributed by atoms with Gasteiger partial charge in [0.1, 0.15) is 0 Å². The Bertz CT molecular complexity index is 812. The number of hydrogen-bond donors (Lipinski definition) is 1. The third-order valence-electron chi connectivity index (χ3n) is 3.26. The third-order valence-corrected chi connectivity index (χ3v) is 4.13. The highest BCUT2D eigenvalue weighted by Crippen LogP contribution is 2.35. The molecule has 0 atom stereocenters. The molecule has 5 nitrogen and oxygen atoms in total. The van der Waals surface area contributed by atoms with Crippen molar-refractivity contribution < 1.29 is 19.5 Å². The minimum Gasteiger partial charge on any atom is -0.478 e. The van der Waals surface area contributed by atoms with Crippen molar-refractivity contribution in [3.8, 4) is 0 Å². The summed E-state index contributed by atoms with van der Waals surface area (Å²) in [5.41, 5.74) is 1.35. The molecule has 6 heteroatoms. The number of aromatic carboxylic acids is 1. The Balaban J connectivity index is 1.88. The number of imide groups is 1. The van der Waals surface area contributed by atoms with Crippen LogP contribution in [-0.4, -0.2) is 22.2 Å². The maximum absolute atomic E-state index is 12.4. The lowest BCUT2D eigenvalue weighted by Gasteiger charge is -2.11. The van der Waals surface area contributed by atoms with Crippen LogP contribution in [0.15, 0.2) is 59.5 Å². The van der Waals surface area contributed by atoms with Crippen LogP contribution >= 0.6 is 11.8 Å². The number of anilines is 1. The zero-order valence-corrected chi connectivity index (χ0v) is 12.6. The number of hydrogen-bond acceptors (Lipinski definition) is 4. The molecule has 0 aromatic heterocycles. The van der Waals surface area contributed by atoms with Crippen molar-refractivity contribution in [1.82, 2.24) is 0 Å². The first-order valence-electron chi connectivity index (χ1n) is 6.72. The zero-order chi connectivity index (χ0) is 16.4. The first kappa shape index (κ1) is 15.1. The standard InChI is InChI=1S/C17H11NO4S/c19-15-14(10-11-6-8-12(9-7-11)16(20)21)23-17(22)18(15)13-4-2-1-3-5-13/h1-10H,(H,20,21)/b14-10-. The predicted molar refractivity (Wildman–Crippen MR) is 88.3 cm³/mol. The number of carboxylic acids is 1. The number of carboxylic acid groups (broad SMARTS) is 1. The molecule has 2 aromatic rings. The molecule has 0 unspecified atom stereocenters. The number of rotatable bonds is 3. The maximum Gasteiger partial charge on any atom is 0.335 e. The van der Waals surface area contributed by atoms with E-state index < -0.39 is 5.97 Å². The fourth-order valence-corrected chi connectivity index (χ4v) is 2.98. The van der Waals surface area contributed by atoms with Crippen molar-refractivity contribution in [2.75, 3.05) is 4.90 Å². The fourth-order valence-electron chi connectivity index (χ4n) is 2.14. The first-order chi connectivity index (χ1) is 11.1. The Hall–Kier alpha value is -2.86. The molecule has 3 rings (SSSR count). The molecule has 0 radical (unpaired) electrons. The lowest BCUT2D eigenvalue weighted by Crippen LogP contribution is -2.27. The topological polar surface area (TPSA) is 74.7 Å². The summed E-state index contributed by atoms with van der Waals surface area (Å²) in [7, 11) is 0. The van der Waals surface area contributed by atoms with Gasteiger partial charge < -0.3 is 5.11 Å². The van der Waals surface area contributed by atoms with E-state index in [0.29, 0.717) is 16.2 Å². The second-order valence-corrected chi connectivity index (χ2v) is 5.77. The summed E-state index contributed by atoms with van der Waals surface area (Å²) in [4.78, 5) is 36.8.